The van der Waals surface area contributed by atoms with Gasteiger partial charge in [0.2, 0.25) is 11.8 Å². The summed E-state index contributed by atoms with van der Waals surface area (Å²) in [5, 5.41) is 6.58. The van der Waals surface area contributed by atoms with E-state index in [1.165, 1.54) is 0 Å². The normalized spacial score (nSPS) is 19.0. The molecule has 1 fully saturated rings. The molecule has 2 amide bonds. The molecule has 0 saturated carbocycles. The maximum Gasteiger partial charge on any atom is 0.227 e. The van der Waals surface area contributed by atoms with Gasteiger partial charge >= 0.3 is 0 Å². The van der Waals surface area contributed by atoms with E-state index in [2.05, 4.69) is 27.4 Å². The van der Waals surface area contributed by atoms with Crippen LogP contribution in [-0.4, -0.2) is 49.4 Å². The maximum absolute atomic E-state index is 12.7. The van der Waals surface area contributed by atoms with E-state index >= 15 is 0 Å². The molecule has 1 saturated heterocycles. The Morgan fingerprint density at radius 2 is 1.94 bits per heavy atom. The molecule has 2 aromatic rings. The molecule has 6 nitrogen and oxygen atoms in total. The highest BCUT2D eigenvalue weighted by Gasteiger charge is 2.26. The number of piperazine rings is 1. The summed E-state index contributed by atoms with van der Waals surface area (Å²) in [6.45, 7) is 7.07. The predicted molar refractivity (Wildman–Crippen MR) is 126 cm³/mol. The molecule has 0 radical (unpaired) electrons. The largest absolute Gasteiger partial charge is 0.367 e. The number of nitrogens with one attached hydrogen (secondary N) is 2. The quantitative estimate of drug-likeness (QED) is 0.712. The van der Waals surface area contributed by atoms with Crippen LogP contribution in [0, 0.1) is 5.92 Å². The van der Waals surface area contributed by atoms with Gasteiger partial charge in [-0.3, -0.25) is 9.59 Å². The zero-order valence-electron chi connectivity index (χ0n) is 17.9. The molecule has 0 spiro atoms. The van der Waals surface area contributed by atoms with Crippen LogP contribution in [-0.2, 0) is 16.0 Å². The van der Waals surface area contributed by atoms with Gasteiger partial charge in [-0.15, -0.1) is 0 Å². The molecule has 31 heavy (non-hydrogen) atoms. The fourth-order valence-corrected chi connectivity index (χ4v) is 4.53. The van der Waals surface area contributed by atoms with Crippen LogP contribution in [0.1, 0.15) is 25.3 Å². The molecule has 2 aliphatic heterocycles. The van der Waals surface area contributed by atoms with E-state index in [1.807, 2.05) is 42.5 Å². The number of carbonyl (C=O) groups is 2. The molecule has 1 unspecified atom stereocenters. The van der Waals surface area contributed by atoms with Crippen molar-refractivity contribution in [1.82, 2.24) is 4.90 Å². The summed E-state index contributed by atoms with van der Waals surface area (Å²) in [7, 11) is 0. The van der Waals surface area contributed by atoms with Crippen LogP contribution < -0.4 is 15.5 Å². The average Bonchev–Trinajstić information content (AvgIpc) is 2.78. The number of halogens is 1. The molecule has 0 bridgehead atoms. The van der Waals surface area contributed by atoms with E-state index in [-0.39, 0.29) is 24.2 Å². The van der Waals surface area contributed by atoms with Gasteiger partial charge in [-0.05, 0) is 49.2 Å². The Hall–Kier alpha value is -2.57. The number of nitrogens with zero attached hydrogens (tertiary/aromatic N) is 2. The van der Waals surface area contributed by atoms with Gasteiger partial charge in [-0.1, -0.05) is 36.7 Å². The standard InChI is InChI=1S/C24H29ClN4O2/c1-2-28-11-13-29(14-12-28)22-9-8-19(25)16-21(22)26-23(30)10-7-18-15-17-5-3-4-6-20(17)27-24(18)31/h3-6,8-9,16,18H,2,7,10-15H2,1H3,(H,26,30)(H,27,31). The minimum atomic E-state index is -0.193. The van der Waals surface area contributed by atoms with Gasteiger partial charge in [0.15, 0.2) is 0 Å². The molecule has 1 atom stereocenters. The molecule has 2 aliphatic rings. The van der Waals surface area contributed by atoms with Crippen LogP contribution in [0.25, 0.3) is 0 Å². The van der Waals surface area contributed by atoms with Crippen molar-refractivity contribution in [3.63, 3.8) is 0 Å². The van der Waals surface area contributed by atoms with Crippen molar-refractivity contribution in [3.8, 4) is 0 Å². The molecule has 0 aromatic heterocycles. The lowest BCUT2D eigenvalue weighted by Crippen LogP contribution is -2.46. The molecule has 2 N–H and O–H groups in total. The van der Waals surface area contributed by atoms with E-state index in [1.54, 1.807) is 0 Å². The molecule has 164 valence electrons. The Labute approximate surface area is 188 Å². The first-order chi connectivity index (χ1) is 15.0. The van der Waals surface area contributed by atoms with E-state index in [9.17, 15) is 9.59 Å². The highest BCUT2D eigenvalue weighted by molar-refractivity contribution is 6.31. The number of fused-ring (bicyclic) bond motifs is 1. The number of likely N-dealkylation sites (N-methyl/N-ethyl adjacent to an activating group) is 1. The third-order valence-corrected chi connectivity index (χ3v) is 6.46. The number of rotatable bonds is 6. The molecular weight excluding hydrogens is 412 g/mol. The lowest BCUT2D eigenvalue weighted by molar-refractivity contribution is -0.121. The third kappa shape index (κ3) is 5.20. The van der Waals surface area contributed by atoms with Crippen molar-refractivity contribution in [2.75, 3.05) is 48.3 Å². The summed E-state index contributed by atoms with van der Waals surface area (Å²) >= 11 is 6.22. The van der Waals surface area contributed by atoms with E-state index in [4.69, 9.17) is 11.6 Å². The second kappa shape index (κ2) is 9.71. The molecule has 2 aromatic carbocycles. The van der Waals surface area contributed by atoms with E-state index < -0.39 is 0 Å². The first-order valence-electron chi connectivity index (χ1n) is 11.0. The van der Waals surface area contributed by atoms with Gasteiger partial charge in [0.25, 0.3) is 0 Å². The topological polar surface area (TPSA) is 64.7 Å². The Balaban J connectivity index is 1.38. The fraction of sp³-hybridized carbons (Fsp3) is 0.417. The molecule has 4 rings (SSSR count). The summed E-state index contributed by atoms with van der Waals surface area (Å²) in [5.41, 5.74) is 3.73. The van der Waals surface area contributed by atoms with Gasteiger partial charge in [-0.2, -0.15) is 0 Å². The van der Waals surface area contributed by atoms with Gasteiger partial charge in [-0.25, -0.2) is 0 Å². The Bertz CT molecular complexity index is 956. The SMILES string of the molecule is CCN1CCN(c2ccc(Cl)cc2NC(=O)CCC2Cc3ccccc3NC2=O)CC1. The van der Waals surface area contributed by atoms with Gasteiger partial charge < -0.3 is 20.4 Å². The smallest absolute Gasteiger partial charge is 0.227 e. The van der Waals surface area contributed by atoms with Gasteiger partial charge in [0, 0.05) is 49.2 Å². The number of para-hydroxylation sites is 1. The summed E-state index contributed by atoms with van der Waals surface area (Å²) in [5.74, 6) is -0.298. The number of carbonyl (C=O) groups excluding carboxylic acids is 2. The minimum absolute atomic E-state index is 0.0104. The van der Waals surface area contributed by atoms with E-state index in [0.717, 1.165) is 55.3 Å². The molecular formula is C24H29ClN4O2. The number of hydrogen-bond donors (Lipinski definition) is 2. The van der Waals surface area contributed by atoms with Gasteiger partial charge in [0.1, 0.15) is 0 Å². The van der Waals surface area contributed by atoms with Crippen LogP contribution >= 0.6 is 11.6 Å². The maximum atomic E-state index is 12.7. The zero-order chi connectivity index (χ0) is 21.8. The van der Waals surface area contributed by atoms with Gasteiger partial charge in [0.05, 0.1) is 11.4 Å². The zero-order valence-corrected chi connectivity index (χ0v) is 18.6. The highest BCUT2D eigenvalue weighted by atomic mass is 35.5. The van der Waals surface area contributed by atoms with Crippen LogP contribution in [0.3, 0.4) is 0 Å². The van der Waals surface area contributed by atoms with Crippen molar-refractivity contribution >= 4 is 40.5 Å². The number of anilines is 3. The number of amides is 2. The summed E-state index contributed by atoms with van der Waals surface area (Å²) in [6, 6.07) is 13.5. The fourth-order valence-electron chi connectivity index (χ4n) is 4.35. The Morgan fingerprint density at radius 1 is 1.16 bits per heavy atom. The first-order valence-corrected chi connectivity index (χ1v) is 11.4. The van der Waals surface area contributed by atoms with Crippen molar-refractivity contribution in [2.45, 2.75) is 26.2 Å². The summed E-state index contributed by atoms with van der Waals surface area (Å²) in [4.78, 5) is 29.9. The number of benzene rings is 2. The second-order valence-electron chi connectivity index (χ2n) is 8.22. The molecule has 7 heteroatoms. The van der Waals surface area contributed by atoms with Crippen molar-refractivity contribution in [2.24, 2.45) is 5.92 Å². The number of hydrogen-bond acceptors (Lipinski definition) is 4. The summed E-state index contributed by atoms with van der Waals surface area (Å²) in [6.07, 6.45) is 1.46. The van der Waals surface area contributed by atoms with Crippen molar-refractivity contribution < 1.29 is 9.59 Å². The molecule has 0 aliphatic carbocycles. The van der Waals surface area contributed by atoms with E-state index in [0.29, 0.717) is 17.9 Å². The van der Waals surface area contributed by atoms with Crippen LogP contribution in [0.5, 0.6) is 0 Å². The van der Waals surface area contributed by atoms with Crippen LogP contribution in [0.2, 0.25) is 5.02 Å². The lowest BCUT2D eigenvalue weighted by Gasteiger charge is -2.36. The Morgan fingerprint density at radius 3 is 2.71 bits per heavy atom. The Kier molecular flexibility index (Phi) is 6.78. The first kappa shape index (κ1) is 21.7. The van der Waals surface area contributed by atoms with Crippen molar-refractivity contribution in [3.05, 3.63) is 53.1 Å². The highest BCUT2D eigenvalue weighted by Crippen LogP contribution is 2.31. The second-order valence-corrected chi connectivity index (χ2v) is 8.65. The summed E-state index contributed by atoms with van der Waals surface area (Å²) < 4.78 is 0. The average molecular weight is 441 g/mol. The van der Waals surface area contributed by atoms with Crippen molar-refractivity contribution in [1.29, 1.82) is 0 Å². The predicted octanol–water partition coefficient (Wildman–Crippen LogP) is 4.01. The lowest BCUT2D eigenvalue weighted by atomic mass is 9.89. The third-order valence-electron chi connectivity index (χ3n) is 6.23. The van der Waals surface area contributed by atoms with Crippen LogP contribution in [0.4, 0.5) is 17.1 Å². The minimum Gasteiger partial charge on any atom is -0.367 e. The monoisotopic (exact) mass is 440 g/mol. The molecule has 2 heterocycles. The van der Waals surface area contributed by atoms with Crippen LogP contribution in [0.15, 0.2) is 42.5 Å².